The summed E-state index contributed by atoms with van der Waals surface area (Å²) < 4.78 is 0. The molecule has 2 atom stereocenters. The molecule has 0 aromatic heterocycles. The predicted molar refractivity (Wildman–Crippen MR) is 81.0 cm³/mol. The fourth-order valence-corrected chi connectivity index (χ4v) is 3.54. The van der Waals surface area contributed by atoms with E-state index in [4.69, 9.17) is 5.11 Å². The van der Waals surface area contributed by atoms with Crippen molar-refractivity contribution in [3.8, 4) is 0 Å². The van der Waals surface area contributed by atoms with Crippen LogP contribution in [-0.2, 0) is 4.79 Å². The summed E-state index contributed by atoms with van der Waals surface area (Å²) >= 11 is 0. The van der Waals surface area contributed by atoms with Gasteiger partial charge in [-0.05, 0) is 25.2 Å². The van der Waals surface area contributed by atoms with E-state index in [9.17, 15) is 9.59 Å². The number of likely N-dealkylation sites (tertiary alicyclic amines) is 1. The molecule has 2 aliphatic rings. The molecular formula is C16H28N2O3. The molecule has 0 bridgehead atoms. The zero-order valence-electron chi connectivity index (χ0n) is 13.2. The topological polar surface area (TPSA) is 69.6 Å². The molecule has 120 valence electrons. The Morgan fingerprint density at radius 3 is 2.33 bits per heavy atom. The summed E-state index contributed by atoms with van der Waals surface area (Å²) in [6.45, 7) is 4.99. The molecule has 0 aromatic rings. The maximum Gasteiger partial charge on any atom is 0.317 e. The third kappa shape index (κ3) is 3.89. The third-order valence-corrected chi connectivity index (χ3v) is 5.26. The molecular weight excluding hydrogens is 268 g/mol. The van der Waals surface area contributed by atoms with Gasteiger partial charge in [0, 0.05) is 25.0 Å². The first kappa shape index (κ1) is 16.1. The molecule has 2 unspecified atom stereocenters. The van der Waals surface area contributed by atoms with Gasteiger partial charge in [-0.15, -0.1) is 0 Å². The molecule has 1 saturated carbocycles. The average Bonchev–Trinajstić information content (AvgIpc) is 2.43. The van der Waals surface area contributed by atoms with Crippen molar-refractivity contribution < 1.29 is 14.7 Å². The molecule has 2 fully saturated rings. The fraction of sp³-hybridized carbons (Fsp3) is 0.875. The van der Waals surface area contributed by atoms with Gasteiger partial charge in [0.05, 0.1) is 5.92 Å². The van der Waals surface area contributed by atoms with Gasteiger partial charge in [0.1, 0.15) is 0 Å². The van der Waals surface area contributed by atoms with Crippen molar-refractivity contribution in [2.24, 2.45) is 17.8 Å². The SMILES string of the molecule is CCC(NC(=O)N1CC(C(C)C(=O)O)C1)C1CCCCC1. The van der Waals surface area contributed by atoms with E-state index in [0.29, 0.717) is 19.0 Å². The number of carboxylic acid groups (broad SMARTS) is 1. The van der Waals surface area contributed by atoms with E-state index >= 15 is 0 Å². The Balaban J connectivity index is 1.77. The molecule has 0 spiro atoms. The quantitative estimate of drug-likeness (QED) is 0.819. The molecule has 1 saturated heterocycles. The first-order valence-corrected chi connectivity index (χ1v) is 8.31. The summed E-state index contributed by atoms with van der Waals surface area (Å²) in [6, 6.07) is 0.259. The lowest BCUT2D eigenvalue weighted by Crippen LogP contribution is -2.58. The second-order valence-corrected chi connectivity index (χ2v) is 6.65. The zero-order valence-corrected chi connectivity index (χ0v) is 13.2. The Hall–Kier alpha value is -1.26. The van der Waals surface area contributed by atoms with E-state index in [-0.39, 0.29) is 23.9 Å². The predicted octanol–water partition coefficient (Wildman–Crippen LogP) is 2.71. The number of urea groups is 1. The Morgan fingerprint density at radius 2 is 1.81 bits per heavy atom. The Kier molecular flexibility index (Phi) is 5.48. The van der Waals surface area contributed by atoms with Gasteiger partial charge < -0.3 is 15.3 Å². The lowest BCUT2D eigenvalue weighted by Gasteiger charge is -2.42. The number of amides is 2. The fourth-order valence-electron chi connectivity index (χ4n) is 3.54. The maximum atomic E-state index is 12.2. The van der Waals surface area contributed by atoms with Crippen LogP contribution >= 0.6 is 0 Å². The summed E-state index contributed by atoms with van der Waals surface area (Å²) in [5, 5.41) is 12.1. The van der Waals surface area contributed by atoms with Gasteiger partial charge >= 0.3 is 12.0 Å². The van der Waals surface area contributed by atoms with E-state index in [1.165, 1.54) is 32.1 Å². The van der Waals surface area contributed by atoms with Gasteiger partial charge in [-0.25, -0.2) is 4.79 Å². The van der Waals surface area contributed by atoms with Crippen molar-refractivity contribution >= 4 is 12.0 Å². The second-order valence-electron chi connectivity index (χ2n) is 6.65. The van der Waals surface area contributed by atoms with Crippen molar-refractivity contribution in [3.63, 3.8) is 0 Å². The number of carbonyl (C=O) groups is 2. The van der Waals surface area contributed by atoms with Crippen molar-refractivity contribution in [1.82, 2.24) is 10.2 Å². The van der Waals surface area contributed by atoms with Crippen LogP contribution in [0.4, 0.5) is 4.79 Å². The number of aliphatic carboxylic acids is 1. The van der Waals surface area contributed by atoms with E-state index in [2.05, 4.69) is 12.2 Å². The Morgan fingerprint density at radius 1 is 1.19 bits per heavy atom. The molecule has 2 rings (SSSR count). The van der Waals surface area contributed by atoms with Gasteiger partial charge in [-0.2, -0.15) is 0 Å². The van der Waals surface area contributed by atoms with Crippen molar-refractivity contribution in [1.29, 1.82) is 0 Å². The minimum atomic E-state index is -0.770. The molecule has 2 N–H and O–H groups in total. The molecule has 0 radical (unpaired) electrons. The number of carbonyl (C=O) groups excluding carboxylic acids is 1. The molecule has 1 aliphatic carbocycles. The van der Waals surface area contributed by atoms with Crippen LogP contribution in [0, 0.1) is 17.8 Å². The summed E-state index contributed by atoms with van der Waals surface area (Å²) in [7, 11) is 0. The van der Waals surface area contributed by atoms with Gasteiger partial charge in [0.2, 0.25) is 0 Å². The first-order chi connectivity index (χ1) is 10.0. The molecule has 0 aromatic carbocycles. The Labute approximate surface area is 127 Å². The number of rotatable bonds is 5. The van der Waals surface area contributed by atoms with Crippen LogP contribution in [0.1, 0.15) is 52.4 Å². The second kappa shape index (κ2) is 7.14. The van der Waals surface area contributed by atoms with Crippen LogP contribution in [0.25, 0.3) is 0 Å². The highest BCUT2D eigenvalue weighted by atomic mass is 16.4. The standard InChI is InChI=1S/C16H28N2O3/c1-3-14(12-7-5-4-6-8-12)17-16(21)18-9-13(10-18)11(2)15(19)20/h11-14H,3-10H2,1-2H3,(H,17,21)(H,19,20). The number of nitrogens with one attached hydrogen (secondary N) is 1. The maximum absolute atomic E-state index is 12.2. The van der Waals surface area contributed by atoms with Crippen LogP contribution in [0.15, 0.2) is 0 Å². The largest absolute Gasteiger partial charge is 0.481 e. The highest BCUT2D eigenvalue weighted by molar-refractivity contribution is 5.76. The van der Waals surface area contributed by atoms with Gasteiger partial charge in [-0.3, -0.25) is 4.79 Å². The van der Waals surface area contributed by atoms with Gasteiger partial charge in [0.25, 0.3) is 0 Å². The highest BCUT2D eigenvalue weighted by Gasteiger charge is 2.38. The minimum absolute atomic E-state index is 0.0127. The zero-order chi connectivity index (χ0) is 15.4. The summed E-state index contributed by atoms with van der Waals surface area (Å²) in [5.74, 6) is -0.422. The molecule has 2 amide bonds. The summed E-state index contributed by atoms with van der Waals surface area (Å²) in [6.07, 6.45) is 7.29. The van der Waals surface area contributed by atoms with E-state index in [1.807, 2.05) is 0 Å². The molecule has 1 heterocycles. The summed E-state index contributed by atoms with van der Waals surface area (Å²) in [4.78, 5) is 24.9. The van der Waals surface area contributed by atoms with Crippen molar-refractivity contribution in [2.45, 2.75) is 58.4 Å². The van der Waals surface area contributed by atoms with Crippen LogP contribution in [0.3, 0.4) is 0 Å². The molecule has 21 heavy (non-hydrogen) atoms. The Bertz CT molecular complexity index is 374. The van der Waals surface area contributed by atoms with Crippen LogP contribution < -0.4 is 5.32 Å². The molecule has 1 aliphatic heterocycles. The minimum Gasteiger partial charge on any atom is -0.481 e. The van der Waals surface area contributed by atoms with E-state index < -0.39 is 5.97 Å². The molecule has 5 nitrogen and oxygen atoms in total. The molecule has 5 heteroatoms. The third-order valence-electron chi connectivity index (χ3n) is 5.26. The van der Waals surface area contributed by atoms with Gasteiger partial charge in [-0.1, -0.05) is 33.1 Å². The smallest absolute Gasteiger partial charge is 0.317 e. The van der Waals surface area contributed by atoms with E-state index in [1.54, 1.807) is 11.8 Å². The van der Waals surface area contributed by atoms with Gasteiger partial charge in [0.15, 0.2) is 0 Å². The average molecular weight is 296 g/mol. The lowest BCUT2D eigenvalue weighted by molar-refractivity contribution is -0.144. The van der Waals surface area contributed by atoms with Crippen molar-refractivity contribution in [3.05, 3.63) is 0 Å². The number of hydrogen-bond donors (Lipinski definition) is 2. The van der Waals surface area contributed by atoms with E-state index in [0.717, 1.165) is 6.42 Å². The van der Waals surface area contributed by atoms with Crippen LogP contribution in [-0.4, -0.2) is 41.1 Å². The van der Waals surface area contributed by atoms with Crippen LogP contribution in [0.5, 0.6) is 0 Å². The summed E-state index contributed by atoms with van der Waals surface area (Å²) in [5.41, 5.74) is 0. The highest BCUT2D eigenvalue weighted by Crippen LogP contribution is 2.29. The monoisotopic (exact) mass is 296 g/mol. The lowest BCUT2D eigenvalue weighted by atomic mass is 9.83. The number of carboxylic acids is 1. The number of hydrogen-bond acceptors (Lipinski definition) is 2. The number of nitrogens with zero attached hydrogens (tertiary/aromatic N) is 1. The normalized spacial score (nSPS) is 23.2. The van der Waals surface area contributed by atoms with Crippen molar-refractivity contribution in [2.75, 3.05) is 13.1 Å². The first-order valence-electron chi connectivity index (χ1n) is 8.31. The van der Waals surface area contributed by atoms with Crippen LogP contribution in [0.2, 0.25) is 0 Å².